The maximum Gasteiger partial charge on any atom is 0.305 e. The van der Waals surface area contributed by atoms with Crippen LogP contribution in [-0.2, 0) is 23.8 Å². The molecule has 0 aromatic rings. The van der Waals surface area contributed by atoms with Crippen molar-refractivity contribution in [2.45, 2.75) is 256 Å². The lowest BCUT2D eigenvalue weighted by Gasteiger charge is -2.40. The highest BCUT2D eigenvalue weighted by molar-refractivity contribution is 5.76. The van der Waals surface area contributed by atoms with Gasteiger partial charge in [-0.2, -0.15) is 0 Å². The summed E-state index contributed by atoms with van der Waals surface area (Å²) in [5.74, 6) is -0.282. The minimum atomic E-state index is -1.59. The Morgan fingerprint density at radius 1 is 0.581 bits per heavy atom. The number of carbonyl (C=O) groups is 2. The molecular formula is C51H93NO10. The number of aliphatic hydroxyl groups is 5. The molecule has 1 fully saturated rings. The standard InChI is InChI=1S/C51H93NO10/c1-3-5-7-9-11-13-14-15-16-19-23-27-31-35-39-47(56)60-40-36-32-28-24-20-17-18-22-26-30-34-38-46(55)52-43(44(54)37-33-29-25-21-12-10-8-6-4-2)42-61-51-50(59)49(58)48(57)45(41-53)62-51/h12,20-21,24,33,37,43-45,48-51,53-54,57-59H,3-11,13-19,22-23,25-32,34-36,38-42H2,1-2H3,(H,52,55)/b21-12+,24-20-,37-33+. The van der Waals surface area contributed by atoms with E-state index < -0.39 is 49.5 Å². The zero-order valence-electron chi connectivity index (χ0n) is 39.3. The summed E-state index contributed by atoms with van der Waals surface area (Å²) in [4.78, 5) is 25.0. The molecule has 0 saturated carbocycles. The molecule has 0 aliphatic carbocycles. The third kappa shape index (κ3) is 31.7. The molecule has 0 aromatic carbocycles. The maximum atomic E-state index is 12.9. The number of nitrogens with one attached hydrogen (secondary N) is 1. The van der Waals surface area contributed by atoms with Crippen molar-refractivity contribution in [1.82, 2.24) is 5.32 Å². The highest BCUT2D eigenvalue weighted by atomic mass is 16.7. The Labute approximate surface area is 377 Å². The lowest BCUT2D eigenvalue weighted by atomic mass is 9.99. The number of hydrogen-bond acceptors (Lipinski definition) is 10. The van der Waals surface area contributed by atoms with Crippen LogP contribution in [0.1, 0.15) is 213 Å². The van der Waals surface area contributed by atoms with Gasteiger partial charge in [-0.05, 0) is 70.6 Å². The maximum absolute atomic E-state index is 12.9. The van der Waals surface area contributed by atoms with Crippen LogP contribution in [0.5, 0.6) is 0 Å². The molecule has 1 amide bonds. The van der Waals surface area contributed by atoms with Gasteiger partial charge in [0, 0.05) is 12.8 Å². The van der Waals surface area contributed by atoms with E-state index in [1.54, 1.807) is 6.08 Å². The van der Waals surface area contributed by atoms with E-state index in [1.807, 2.05) is 6.08 Å². The van der Waals surface area contributed by atoms with Gasteiger partial charge in [0.2, 0.25) is 5.91 Å². The molecular weight excluding hydrogens is 787 g/mol. The third-order valence-corrected chi connectivity index (χ3v) is 11.7. The number of rotatable bonds is 42. The molecule has 7 atom stereocenters. The van der Waals surface area contributed by atoms with Crippen LogP contribution in [0.25, 0.3) is 0 Å². The molecule has 62 heavy (non-hydrogen) atoms. The Morgan fingerprint density at radius 2 is 1.05 bits per heavy atom. The first kappa shape index (κ1) is 57.9. The van der Waals surface area contributed by atoms with Crippen molar-refractivity contribution < 1.29 is 49.3 Å². The van der Waals surface area contributed by atoms with Crippen LogP contribution in [0.15, 0.2) is 36.5 Å². The smallest absolute Gasteiger partial charge is 0.305 e. The summed E-state index contributed by atoms with van der Waals surface area (Å²) in [6.45, 7) is 4.15. The number of hydrogen-bond donors (Lipinski definition) is 6. The van der Waals surface area contributed by atoms with E-state index in [-0.39, 0.29) is 18.5 Å². The number of esters is 1. The summed E-state index contributed by atoms with van der Waals surface area (Å²) < 4.78 is 16.6. The first-order valence-corrected chi connectivity index (χ1v) is 25.3. The van der Waals surface area contributed by atoms with Crippen molar-refractivity contribution in [3.63, 3.8) is 0 Å². The highest BCUT2D eigenvalue weighted by Gasteiger charge is 2.44. The molecule has 0 radical (unpaired) electrons. The first-order valence-electron chi connectivity index (χ1n) is 25.3. The van der Waals surface area contributed by atoms with Gasteiger partial charge in [-0.1, -0.05) is 166 Å². The molecule has 0 bridgehead atoms. The van der Waals surface area contributed by atoms with Crippen LogP contribution in [0.2, 0.25) is 0 Å². The van der Waals surface area contributed by atoms with Crippen LogP contribution in [-0.4, -0.2) is 100 Å². The van der Waals surface area contributed by atoms with E-state index in [9.17, 15) is 35.1 Å². The SMILES string of the molecule is CCCCC/C=C/CC/C=C/C(O)C(COC1OC(CO)C(O)C(O)C1O)NC(=O)CCCCCCC/C=C\CCCCOC(=O)CCCCCCCCCCCCCCCC. The van der Waals surface area contributed by atoms with Crippen molar-refractivity contribution in [2.24, 2.45) is 0 Å². The Morgan fingerprint density at radius 3 is 1.63 bits per heavy atom. The monoisotopic (exact) mass is 880 g/mol. The number of aliphatic hydroxyl groups excluding tert-OH is 5. The van der Waals surface area contributed by atoms with E-state index in [2.05, 4.69) is 43.5 Å². The van der Waals surface area contributed by atoms with Gasteiger partial charge in [0.1, 0.15) is 24.4 Å². The second kappa shape index (κ2) is 41.6. The predicted octanol–water partition coefficient (Wildman–Crippen LogP) is 9.99. The number of amides is 1. The topological polar surface area (TPSA) is 175 Å². The van der Waals surface area contributed by atoms with E-state index >= 15 is 0 Å². The van der Waals surface area contributed by atoms with Gasteiger partial charge in [0.15, 0.2) is 6.29 Å². The Hall–Kier alpha value is -2.12. The van der Waals surface area contributed by atoms with Crippen molar-refractivity contribution >= 4 is 11.9 Å². The van der Waals surface area contributed by atoms with Gasteiger partial charge < -0.3 is 45.1 Å². The fraction of sp³-hybridized carbons (Fsp3) is 0.843. The van der Waals surface area contributed by atoms with E-state index in [4.69, 9.17) is 14.2 Å². The fourth-order valence-corrected chi connectivity index (χ4v) is 7.62. The van der Waals surface area contributed by atoms with E-state index in [0.29, 0.717) is 25.9 Å². The van der Waals surface area contributed by atoms with Gasteiger partial charge in [0.25, 0.3) is 0 Å². The van der Waals surface area contributed by atoms with Gasteiger partial charge in [-0.15, -0.1) is 0 Å². The Kier molecular flexibility index (Phi) is 38.8. The van der Waals surface area contributed by atoms with E-state index in [0.717, 1.165) is 83.5 Å². The molecule has 0 aromatic heterocycles. The highest BCUT2D eigenvalue weighted by Crippen LogP contribution is 2.22. The van der Waals surface area contributed by atoms with Crippen LogP contribution < -0.4 is 5.32 Å². The predicted molar refractivity (Wildman–Crippen MR) is 251 cm³/mol. The second-order valence-corrected chi connectivity index (χ2v) is 17.5. The van der Waals surface area contributed by atoms with Crippen LogP contribution in [0.3, 0.4) is 0 Å². The molecule has 11 heteroatoms. The Bertz CT molecular complexity index is 1130. The average molecular weight is 880 g/mol. The number of allylic oxidation sites excluding steroid dienone is 5. The minimum Gasteiger partial charge on any atom is -0.466 e. The molecule has 1 aliphatic heterocycles. The first-order chi connectivity index (χ1) is 30.2. The molecule has 1 aliphatic rings. The molecule has 0 spiro atoms. The molecule has 11 nitrogen and oxygen atoms in total. The zero-order valence-corrected chi connectivity index (χ0v) is 39.3. The molecule has 1 heterocycles. The van der Waals surface area contributed by atoms with Crippen molar-refractivity contribution in [3.05, 3.63) is 36.5 Å². The average Bonchev–Trinajstić information content (AvgIpc) is 3.27. The van der Waals surface area contributed by atoms with Crippen LogP contribution in [0, 0.1) is 0 Å². The van der Waals surface area contributed by atoms with E-state index in [1.165, 1.54) is 96.3 Å². The summed E-state index contributed by atoms with van der Waals surface area (Å²) in [5.41, 5.74) is 0. The fourth-order valence-electron chi connectivity index (χ4n) is 7.62. The largest absolute Gasteiger partial charge is 0.466 e. The number of carbonyl (C=O) groups excluding carboxylic acids is 2. The van der Waals surface area contributed by atoms with Crippen LogP contribution in [0.4, 0.5) is 0 Å². The molecule has 1 saturated heterocycles. The summed E-state index contributed by atoms with van der Waals surface area (Å²) >= 11 is 0. The minimum absolute atomic E-state index is 0.0574. The summed E-state index contributed by atoms with van der Waals surface area (Å²) in [5, 5.41) is 54.0. The quantitative estimate of drug-likeness (QED) is 0.0197. The van der Waals surface area contributed by atoms with Gasteiger partial charge in [-0.3, -0.25) is 9.59 Å². The summed E-state index contributed by atoms with van der Waals surface area (Å²) in [6, 6.07) is -0.846. The molecule has 6 N–H and O–H groups in total. The lowest BCUT2D eigenvalue weighted by molar-refractivity contribution is -0.302. The molecule has 362 valence electrons. The van der Waals surface area contributed by atoms with Gasteiger partial charge >= 0.3 is 5.97 Å². The number of ether oxygens (including phenoxy) is 3. The van der Waals surface area contributed by atoms with Gasteiger partial charge in [0.05, 0.1) is 32.0 Å². The van der Waals surface area contributed by atoms with Crippen molar-refractivity contribution in [2.75, 3.05) is 19.8 Å². The molecule has 7 unspecified atom stereocenters. The normalized spacial score (nSPS) is 20.4. The summed E-state index contributed by atoms with van der Waals surface area (Å²) in [7, 11) is 0. The Balaban J connectivity index is 2.18. The summed E-state index contributed by atoms with van der Waals surface area (Å²) in [6.07, 6.45) is 38.1. The van der Waals surface area contributed by atoms with Crippen molar-refractivity contribution in [1.29, 1.82) is 0 Å². The van der Waals surface area contributed by atoms with Gasteiger partial charge in [-0.25, -0.2) is 0 Å². The van der Waals surface area contributed by atoms with Crippen molar-refractivity contribution in [3.8, 4) is 0 Å². The second-order valence-electron chi connectivity index (χ2n) is 17.5. The third-order valence-electron chi connectivity index (χ3n) is 11.7. The molecule has 1 rings (SSSR count). The zero-order chi connectivity index (χ0) is 45.3. The van der Waals surface area contributed by atoms with Crippen LogP contribution >= 0.6 is 0 Å². The number of unbranched alkanes of at least 4 members (excludes halogenated alkanes) is 24. The lowest BCUT2D eigenvalue weighted by Crippen LogP contribution is -2.60.